The van der Waals surface area contributed by atoms with Gasteiger partial charge in [-0.2, -0.15) is 0 Å². The van der Waals surface area contributed by atoms with Crippen molar-refractivity contribution in [3.63, 3.8) is 0 Å². The van der Waals surface area contributed by atoms with E-state index >= 15 is 0 Å². The van der Waals surface area contributed by atoms with E-state index in [2.05, 4.69) is 0 Å². The molecule has 2 aliphatic rings. The highest BCUT2D eigenvalue weighted by molar-refractivity contribution is 6.07. The number of Topliss-reactive ketones (excluding diaryl/α,β-unsaturated/α-hetero) is 1. The van der Waals surface area contributed by atoms with E-state index in [1.54, 1.807) is 0 Å². The SMILES string of the molecule is O=C1c2ccccc2OC12CCCC2. The molecule has 0 unspecified atom stereocenters. The normalized spacial score (nSPS) is 22.4. The summed E-state index contributed by atoms with van der Waals surface area (Å²) in [5.74, 6) is 0.977. The minimum absolute atomic E-state index is 0.200. The predicted molar refractivity (Wildman–Crippen MR) is 52.6 cm³/mol. The van der Waals surface area contributed by atoms with Gasteiger partial charge in [0.1, 0.15) is 5.75 Å². The number of ether oxygens (including phenoxy) is 1. The Hall–Kier alpha value is -1.31. The van der Waals surface area contributed by atoms with Gasteiger partial charge in [0.05, 0.1) is 5.56 Å². The van der Waals surface area contributed by atoms with Crippen molar-refractivity contribution >= 4 is 5.78 Å². The molecular formula is C12H12O2. The standard InChI is InChI=1S/C12H12O2/c13-11-9-5-1-2-6-10(9)14-12(11)7-3-4-8-12/h1-2,5-6H,3-4,7-8H2. The number of benzene rings is 1. The Balaban J connectivity index is 2.09. The second-order valence-electron chi connectivity index (χ2n) is 4.13. The topological polar surface area (TPSA) is 26.3 Å². The summed E-state index contributed by atoms with van der Waals surface area (Å²) in [6, 6.07) is 7.57. The predicted octanol–water partition coefficient (Wildman–Crippen LogP) is 2.57. The highest BCUT2D eigenvalue weighted by Crippen LogP contribution is 2.44. The minimum Gasteiger partial charge on any atom is -0.478 e. The average molecular weight is 188 g/mol. The van der Waals surface area contributed by atoms with E-state index in [9.17, 15) is 4.79 Å². The van der Waals surface area contributed by atoms with Crippen molar-refractivity contribution in [1.29, 1.82) is 0 Å². The fourth-order valence-corrected chi connectivity index (χ4v) is 2.52. The van der Waals surface area contributed by atoms with Gasteiger partial charge in [-0.1, -0.05) is 12.1 Å². The van der Waals surface area contributed by atoms with Gasteiger partial charge in [-0.25, -0.2) is 0 Å². The van der Waals surface area contributed by atoms with Gasteiger partial charge in [0, 0.05) is 0 Å². The summed E-state index contributed by atoms with van der Waals surface area (Å²) in [5.41, 5.74) is 0.290. The maximum atomic E-state index is 12.1. The van der Waals surface area contributed by atoms with Crippen LogP contribution in [0.15, 0.2) is 24.3 Å². The summed E-state index contributed by atoms with van der Waals surface area (Å²) in [6.45, 7) is 0. The molecule has 0 amide bonds. The molecule has 3 rings (SSSR count). The van der Waals surface area contributed by atoms with Crippen molar-refractivity contribution in [2.45, 2.75) is 31.3 Å². The van der Waals surface area contributed by atoms with Crippen LogP contribution in [0.4, 0.5) is 0 Å². The molecular weight excluding hydrogens is 176 g/mol. The monoisotopic (exact) mass is 188 g/mol. The molecule has 72 valence electrons. The molecule has 0 saturated heterocycles. The van der Waals surface area contributed by atoms with Crippen molar-refractivity contribution in [1.82, 2.24) is 0 Å². The summed E-state index contributed by atoms with van der Waals surface area (Å²) in [6.07, 6.45) is 4.00. The molecule has 1 aliphatic carbocycles. The van der Waals surface area contributed by atoms with Gasteiger partial charge in [-0.3, -0.25) is 4.79 Å². The first-order valence-electron chi connectivity index (χ1n) is 5.15. The third-order valence-corrected chi connectivity index (χ3v) is 3.26. The molecule has 1 fully saturated rings. The van der Waals surface area contributed by atoms with Gasteiger partial charge >= 0.3 is 0 Å². The highest BCUT2D eigenvalue weighted by atomic mass is 16.5. The molecule has 2 heteroatoms. The number of ketones is 1. The van der Waals surface area contributed by atoms with Crippen LogP contribution in [0.25, 0.3) is 0 Å². The van der Waals surface area contributed by atoms with E-state index in [1.165, 1.54) is 0 Å². The van der Waals surface area contributed by atoms with E-state index in [1.807, 2.05) is 24.3 Å². The molecule has 2 nitrogen and oxygen atoms in total. The fourth-order valence-electron chi connectivity index (χ4n) is 2.52. The van der Waals surface area contributed by atoms with Crippen LogP contribution in [0, 0.1) is 0 Å². The molecule has 14 heavy (non-hydrogen) atoms. The average Bonchev–Trinajstić information content (AvgIpc) is 2.77. The number of para-hydroxylation sites is 1. The van der Waals surface area contributed by atoms with E-state index in [0.717, 1.165) is 37.0 Å². The van der Waals surface area contributed by atoms with Gasteiger partial charge in [0.15, 0.2) is 5.60 Å². The summed E-state index contributed by atoms with van der Waals surface area (Å²) >= 11 is 0. The van der Waals surface area contributed by atoms with Gasteiger partial charge in [0.2, 0.25) is 5.78 Å². The minimum atomic E-state index is -0.482. The van der Waals surface area contributed by atoms with E-state index < -0.39 is 5.60 Å². The summed E-state index contributed by atoms with van der Waals surface area (Å²) < 4.78 is 5.82. The van der Waals surface area contributed by atoms with Crippen molar-refractivity contribution in [3.8, 4) is 5.75 Å². The van der Waals surface area contributed by atoms with Crippen LogP contribution in [0.3, 0.4) is 0 Å². The molecule has 1 aromatic rings. The molecule has 0 atom stereocenters. The maximum Gasteiger partial charge on any atom is 0.210 e. The van der Waals surface area contributed by atoms with Crippen molar-refractivity contribution < 1.29 is 9.53 Å². The summed E-state index contributed by atoms with van der Waals surface area (Å²) in [7, 11) is 0. The lowest BCUT2D eigenvalue weighted by Gasteiger charge is -2.20. The molecule has 1 saturated carbocycles. The number of fused-ring (bicyclic) bond motifs is 1. The fraction of sp³-hybridized carbons (Fsp3) is 0.417. The first-order chi connectivity index (χ1) is 6.82. The zero-order valence-electron chi connectivity index (χ0n) is 7.95. The third kappa shape index (κ3) is 0.884. The van der Waals surface area contributed by atoms with Crippen molar-refractivity contribution in [2.24, 2.45) is 0 Å². The first-order valence-corrected chi connectivity index (χ1v) is 5.15. The molecule has 0 aromatic heterocycles. The molecule has 0 N–H and O–H groups in total. The lowest BCUT2D eigenvalue weighted by atomic mass is 9.94. The number of carbonyl (C=O) groups excluding carboxylic acids is 1. The Morgan fingerprint density at radius 3 is 2.57 bits per heavy atom. The summed E-state index contributed by atoms with van der Waals surface area (Å²) in [4.78, 5) is 12.1. The Morgan fingerprint density at radius 2 is 1.86 bits per heavy atom. The Morgan fingerprint density at radius 1 is 1.14 bits per heavy atom. The second kappa shape index (κ2) is 2.59. The van der Waals surface area contributed by atoms with E-state index in [0.29, 0.717) is 0 Å². The third-order valence-electron chi connectivity index (χ3n) is 3.26. The van der Waals surface area contributed by atoms with Crippen molar-refractivity contribution in [3.05, 3.63) is 29.8 Å². The Bertz CT molecular complexity index is 389. The lowest BCUT2D eigenvalue weighted by molar-refractivity contribution is 0.0587. The molecule has 1 aliphatic heterocycles. The van der Waals surface area contributed by atoms with Gasteiger partial charge in [0.25, 0.3) is 0 Å². The zero-order valence-corrected chi connectivity index (χ0v) is 7.95. The Labute approximate surface area is 82.9 Å². The van der Waals surface area contributed by atoms with Crippen LogP contribution in [-0.2, 0) is 0 Å². The van der Waals surface area contributed by atoms with E-state index in [4.69, 9.17) is 4.74 Å². The molecule has 1 spiro atoms. The van der Waals surface area contributed by atoms with Crippen LogP contribution in [0.1, 0.15) is 36.0 Å². The molecule has 0 radical (unpaired) electrons. The van der Waals surface area contributed by atoms with Gasteiger partial charge in [-0.15, -0.1) is 0 Å². The van der Waals surface area contributed by atoms with E-state index in [-0.39, 0.29) is 5.78 Å². The van der Waals surface area contributed by atoms with Crippen LogP contribution in [-0.4, -0.2) is 11.4 Å². The molecule has 1 aromatic carbocycles. The smallest absolute Gasteiger partial charge is 0.210 e. The van der Waals surface area contributed by atoms with Crippen LogP contribution < -0.4 is 4.74 Å². The van der Waals surface area contributed by atoms with Crippen molar-refractivity contribution in [2.75, 3.05) is 0 Å². The molecule has 0 bridgehead atoms. The Kier molecular flexibility index (Phi) is 1.49. The zero-order chi connectivity index (χ0) is 9.60. The number of carbonyl (C=O) groups is 1. The number of hydrogen-bond donors (Lipinski definition) is 0. The van der Waals surface area contributed by atoms with Gasteiger partial charge in [-0.05, 0) is 37.8 Å². The second-order valence-corrected chi connectivity index (χ2v) is 4.13. The lowest BCUT2D eigenvalue weighted by Crippen LogP contribution is -2.36. The number of rotatable bonds is 0. The maximum absolute atomic E-state index is 12.1. The van der Waals surface area contributed by atoms with Crippen LogP contribution in [0.2, 0.25) is 0 Å². The first kappa shape index (κ1) is 8.04. The van der Waals surface area contributed by atoms with Crippen LogP contribution in [0.5, 0.6) is 5.75 Å². The molecule has 1 heterocycles. The number of hydrogen-bond acceptors (Lipinski definition) is 2. The largest absolute Gasteiger partial charge is 0.478 e. The highest BCUT2D eigenvalue weighted by Gasteiger charge is 2.49. The quantitative estimate of drug-likeness (QED) is 0.625. The summed E-state index contributed by atoms with van der Waals surface area (Å²) in [5, 5.41) is 0. The van der Waals surface area contributed by atoms with Crippen LogP contribution >= 0.6 is 0 Å². The van der Waals surface area contributed by atoms with Gasteiger partial charge < -0.3 is 4.74 Å².